The van der Waals surface area contributed by atoms with Crippen molar-refractivity contribution in [3.63, 3.8) is 0 Å². The number of carbonyl (C=O) groups is 1. The summed E-state index contributed by atoms with van der Waals surface area (Å²) >= 11 is 5.99. The van der Waals surface area contributed by atoms with E-state index in [4.69, 9.17) is 16.1 Å². The van der Waals surface area contributed by atoms with Crippen molar-refractivity contribution in [1.29, 1.82) is 0 Å². The Hall–Kier alpha value is -2.82. The molecule has 2 aromatic carbocycles. The van der Waals surface area contributed by atoms with Crippen molar-refractivity contribution in [2.75, 3.05) is 0 Å². The summed E-state index contributed by atoms with van der Waals surface area (Å²) in [6.07, 6.45) is 1.65. The van der Waals surface area contributed by atoms with Crippen LogP contribution >= 0.6 is 11.6 Å². The number of hydrogen-bond acceptors (Lipinski definition) is 6. The monoisotopic (exact) mass is 479 g/mol. The zero-order chi connectivity index (χ0) is 23.0. The Bertz CT molecular complexity index is 1290. The minimum atomic E-state index is -4.18. The summed E-state index contributed by atoms with van der Waals surface area (Å²) in [6, 6.07) is 6.86. The minimum Gasteiger partial charge on any atom is -0.480 e. The van der Waals surface area contributed by atoms with Gasteiger partial charge in [0.2, 0.25) is 21.7 Å². The minimum absolute atomic E-state index is 0.114. The summed E-state index contributed by atoms with van der Waals surface area (Å²) < 4.78 is 47.5. The van der Waals surface area contributed by atoms with E-state index in [-0.39, 0.29) is 39.2 Å². The third-order valence-electron chi connectivity index (χ3n) is 5.19. The van der Waals surface area contributed by atoms with Gasteiger partial charge in [-0.3, -0.25) is 4.79 Å². The van der Waals surface area contributed by atoms with Gasteiger partial charge in [-0.2, -0.15) is 9.71 Å². The van der Waals surface area contributed by atoms with Gasteiger partial charge in [0.15, 0.2) is 0 Å². The Morgan fingerprint density at radius 2 is 2.09 bits per heavy atom. The first-order valence-corrected chi connectivity index (χ1v) is 11.6. The molecule has 0 saturated heterocycles. The summed E-state index contributed by atoms with van der Waals surface area (Å²) in [7, 11) is -4.18. The van der Waals surface area contributed by atoms with Gasteiger partial charge in [-0.05, 0) is 61.6 Å². The van der Waals surface area contributed by atoms with E-state index in [1.807, 2.05) is 0 Å². The third-order valence-corrected chi connectivity index (χ3v) is 7.21. The zero-order valence-corrected chi connectivity index (χ0v) is 18.5. The van der Waals surface area contributed by atoms with Crippen LogP contribution < -0.4 is 4.72 Å². The molecule has 0 radical (unpaired) electrons. The summed E-state index contributed by atoms with van der Waals surface area (Å²) in [5, 5.41) is 13.6. The number of halogens is 2. The first-order chi connectivity index (χ1) is 15.2. The van der Waals surface area contributed by atoms with E-state index in [0.717, 1.165) is 18.9 Å². The highest BCUT2D eigenvalue weighted by Gasteiger charge is 2.30. The highest BCUT2D eigenvalue weighted by Crippen LogP contribution is 2.39. The Morgan fingerprint density at radius 3 is 2.75 bits per heavy atom. The van der Waals surface area contributed by atoms with Crippen LogP contribution in [0.5, 0.6) is 0 Å². The first-order valence-electron chi connectivity index (χ1n) is 9.78. The zero-order valence-electron chi connectivity index (χ0n) is 16.9. The van der Waals surface area contributed by atoms with Crippen molar-refractivity contribution in [3.05, 3.63) is 64.3 Å². The predicted octanol–water partition coefficient (Wildman–Crippen LogP) is 3.69. The fourth-order valence-electron chi connectivity index (χ4n) is 3.25. The second kappa shape index (κ2) is 8.61. The lowest BCUT2D eigenvalue weighted by atomic mass is 10.0. The lowest BCUT2D eigenvalue weighted by Gasteiger charge is -2.16. The van der Waals surface area contributed by atoms with E-state index in [2.05, 4.69) is 14.9 Å². The molecule has 4 rings (SSSR count). The maximum absolute atomic E-state index is 14.7. The van der Waals surface area contributed by atoms with Gasteiger partial charge in [-0.1, -0.05) is 28.9 Å². The summed E-state index contributed by atoms with van der Waals surface area (Å²) in [4.78, 5) is 15.8. The Kier molecular flexibility index (Phi) is 6.02. The van der Waals surface area contributed by atoms with Crippen molar-refractivity contribution < 1.29 is 27.2 Å². The van der Waals surface area contributed by atoms with Crippen molar-refractivity contribution in [1.82, 2.24) is 14.9 Å². The van der Waals surface area contributed by atoms with Crippen LogP contribution in [-0.4, -0.2) is 35.7 Å². The summed E-state index contributed by atoms with van der Waals surface area (Å²) in [5.41, 5.74) is 0.702. The SMILES string of the molecule is Cc1c(Cl)cccc1S(=O)(=O)NC(Cc1ccc(-c2noc(C3CC3)n2)c(F)c1)C(=O)O. The maximum atomic E-state index is 14.7. The van der Waals surface area contributed by atoms with E-state index >= 15 is 0 Å². The lowest BCUT2D eigenvalue weighted by Crippen LogP contribution is -2.42. The molecule has 1 atom stereocenters. The standard InChI is InChI=1S/C21H19ClFN3O5S/c1-11-15(22)3-2-4-18(11)32(29,30)26-17(21(27)28)10-12-5-8-14(16(23)9-12)19-24-20(31-25-19)13-6-7-13/h2-5,8-9,13,17,26H,6-7,10H2,1H3,(H,27,28). The second-order valence-electron chi connectivity index (χ2n) is 7.62. The largest absolute Gasteiger partial charge is 0.480 e. The van der Waals surface area contributed by atoms with Gasteiger partial charge in [0, 0.05) is 10.9 Å². The molecule has 1 aliphatic rings. The summed E-state index contributed by atoms with van der Waals surface area (Å²) in [6.45, 7) is 1.52. The number of nitrogens with zero attached hydrogens (tertiary/aromatic N) is 2. The predicted molar refractivity (Wildman–Crippen MR) is 113 cm³/mol. The van der Waals surface area contributed by atoms with Crippen LogP contribution in [0.25, 0.3) is 11.4 Å². The first kappa shape index (κ1) is 22.4. The number of aliphatic carboxylic acids is 1. The molecule has 1 aromatic heterocycles. The van der Waals surface area contributed by atoms with E-state index in [9.17, 15) is 22.7 Å². The van der Waals surface area contributed by atoms with Crippen molar-refractivity contribution in [3.8, 4) is 11.4 Å². The highest BCUT2D eigenvalue weighted by molar-refractivity contribution is 7.89. The molecule has 1 aliphatic carbocycles. The normalized spacial score (nSPS) is 15.0. The Balaban J connectivity index is 1.54. The van der Waals surface area contributed by atoms with E-state index in [1.54, 1.807) is 0 Å². The van der Waals surface area contributed by atoms with Crippen molar-refractivity contribution in [2.24, 2.45) is 0 Å². The molecule has 32 heavy (non-hydrogen) atoms. The number of hydrogen-bond donors (Lipinski definition) is 2. The fraction of sp³-hybridized carbons (Fsp3) is 0.286. The van der Waals surface area contributed by atoms with Gasteiger partial charge in [0.1, 0.15) is 11.9 Å². The smallest absolute Gasteiger partial charge is 0.322 e. The second-order valence-corrected chi connectivity index (χ2v) is 9.71. The van der Waals surface area contributed by atoms with Gasteiger partial charge in [0.05, 0.1) is 10.5 Å². The van der Waals surface area contributed by atoms with Crippen molar-refractivity contribution >= 4 is 27.6 Å². The number of nitrogens with one attached hydrogen (secondary N) is 1. The molecule has 1 fully saturated rings. The molecule has 1 heterocycles. The molecular weight excluding hydrogens is 461 g/mol. The van der Waals surface area contributed by atoms with E-state index in [1.165, 1.54) is 37.3 Å². The highest BCUT2D eigenvalue weighted by atomic mass is 35.5. The van der Waals surface area contributed by atoms with Crippen LogP contribution in [0.15, 0.2) is 45.8 Å². The molecule has 1 unspecified atom stereocenters. The molecule has 3 aromatic rings. The quantitative estimate of drug-likeness (QED) is 0.505. The van der Waals surface area contributed by atoms with Crippen LogP contribution in [0.1, 0.15) is 35.8 Å². The van der Waals surface area contributed by atoms with Crippen LogP contribution in [0.2, 0.25) is 5.02 Å². The molecule has 1 saturated carbocycles. The maximum Gasteiger partial charge on any atom is 0.322 e. The average Bonchev–Trinajstić information content (AvgIpc) is 3.47. The number of carboxylic acid groups (broad SMARTS) is 1. The van der Waals surface area contributed by atoms with Gasteiger partial charge in [-0.25, -0.2) is 12.8 Å². The molecule has 0 amide bonds. The van der Waals surface area contributed by atoms with Crippen molar-refractivity contribution in [2.45, 2.75) is 43.0 Å². The topological polar surface area (TPSA) is 122 Å². The van der Waals surface area contributed by atoms with Gasteiger partial charge in [0.25, 0.3) is 0 Å². The molecule has 0 bridgehead atoms. The van der Waals surface area contributed by atoms with Crippen LogP contribution in [-0.2, 0) is 21.2 Å². The molecule has 168 valence electrons. The Labute approximate surface area is 188 Å². The number of carboxylic acids is 1. The lowest BCUT2D eigenvalue weighted by molar-refractivity contribution is -0.138. The van der Waals surface area contributed by atoms with Gasteiger partial charge in [-0.15, -0.1) is 0 Å². The van der Waals surface area contributed by atoms with E-state index < -0.39 is 27.9 Å². The number of rotatable bonds is 8. The van der Waals surface area contributed by atoms with E-state index in [0.29, 0.717) is 11.5 Å². The number of benzene rings is 2. The molecule has 8 nitrogen and oxygen atoms in total. The molecule has 11 heteroatoms. The molecule has 0 spiro atoms. The summed E-state index contributed by atoms with van der Waals surface area (Å²) in [5.74, 6) is -1.25. The fourth-order valence-corrected chi connectivity index (χ4v) is 4.94. The third kappa shape index (κ3) is 4.67. The average molecular weight is 480 g/mol. The molecule has 0 aliphatic heterocycles. The molecular formula is C21H19ClFN3O5S. The van der Waals surface area contributed by atoms with Gasteiger partial charge < -0.3 is 9.63 Å². The van der Waals surface area contributed by atoms with Crippen LogP contribution in [0.4, 0.5) is 4.39 Å². The number of sulfonamides is 1. The van der Waals surface area contributed by atoms with Crippen LogP contribution in [0, 0.1) is 12.7 Å². The van der Waals surface area contributed by atoms with Crippen LogP contribution in [0.3, 0.4) is 0 Å². The molecule has 2 N–H and O–H groups in total. The Morgan fingerprint density at radius 1 is 1.34 bits per heavy atom. The van der Waals surface area contributed by atoms with Gasteiger partial charge >= 0.3 is 5.97 Å². The number of aromatic nitrogens is 2.